The maximum Gasteiger partial charge on any atom is 0.246 e. The highest BCUT2D eigenvalue weighted by atomic mass is 32.1. The third-order valence-corrected chi connectivity index (χ3v) is 8.13. The number of ether oxygens (including phenoxy) is 3. The lowest BCUT2D eigenvalue weighted by atomic mass is 9.86. The van der Waals surface area contributed by atoms with Gasteiger partial charge < -0.3 is 29.0 Å². The third-order valence-electron chi connectivity index (χ3n) is 7.27. The highest BCUT2D eigenvalue weighted by Crippen LogP contribution is 2.47. The van der Waals surface area contributed by atoms with Gasteiger partial charge in [0.05, 0.1) is 33.9 Å². The number of hydrogen-bond acceptors (Lipinski definition) is 6. The van der Waals surface area contributed by atoms with Crippen molar-refractivity contribution < 1.29 is 23.8 Å². The maximum absolute atomic E-state index is 13.9. The molecule has 0 saturated carbocycles. The maximum atomic E-state index is 13.9. The highest BCUT2D eigenvalue weighted by molar-refractivity contribution is 7.09. The summed E-state index contributed by atoms with van der Waals surface area (Å²) in [5.41, 5.74) is 3.70. The summed E-state index contributed by atoms with van der Waals surface area (Å²) in [5.74, 6) is 1.32. The van der Waals surface area contributed by atoms with Gasteiger partial charge in [-0.1, -0.05) is 24.3 Å². The van der Waals surface area contributed by atoms with Crippen LogP contribution in [0.1, 0.15) is 27.7 Å². The molecular formula is C28H27N3O5S. The topological polar surface area (TPSA) is 84.1 Å². The fourth-order valence-electron chi connectivity index (χ4n) is 5.65. The van der Waals surface area contributed by atoms with Crippen molar-refractivity contribution in [1.82, 2.24) is 14.8 Å². The Hall–Kier alpha value is -3.98. The van der Waals surface area contributed by atoms with Crippen LogP contribution in [0.4, 0.5) is 0 Å². The first-order valence-corrected chi connectivity index (χ1v) is 12.9. The summed E-state index contributed by atoms with van der Waals surface area (Å²) in [6.45, 7) is 0.464. The summed E-state index contributed by atoms with van der Waals surface area (Å²) in [4.78, 5) is 35.7. The number of carbonyl (C=O) groups is 2. The van der Waals surface area contributed by atoms with Crippen LogP contribution in [0.3, 0.4) is 0 Å². The number of amides is 2. The van der Waals surface area contributed by atoms with Crippen LogP contribution in [-0.2, 0) is 22.6 Å². The van der Waals surface area contributed by atoms with Gasteiger partial charge in [-0.2, -0.15) is 0 Å². The smallest absolute Gasteiger partial charge is 0.246 e. The molecule has 0 aliphatic carbocycles. The second kappa shape index (κ2) is 9.15. The Bertz CT molecular complexity index is 1470. The van der Waals surface area contributed by atoms with E-state index in [2.05, 4.69) is 11.1 Å². The molecule has 8 nitrogen and oxygen atoms in total. The number of nitrogens with one attached hydrogen (secondary N) is 1. The van der Waals surface area contributed by atoms with Crippen molar-refractivity contribution in [2.24, 2.45) is 0 Å². The molecule has 190 valence electrons. The van der Waals surface area contributed by atoms with Gasteiger partial charge in [0.25, 0.3) is 0 Å². The Morgan fingerprint density at radius 1 is 1.00 bits per heavy atom. The van der Waals surface area contributed by atoms with Crippen LogP contribution >= 0.6 is 11.3 Å². The number of benzene rings is 2. The molecule has 2 aromatic carbocycles. The number of hydrogen-bond donors (Lipinski definition) is 1. The van der Waals surface area contributed by atoms with E-state index in [1.807, 2.05) is 47.8 Å². The number of nitrogens with zero attached hydrogens (tertiary/aromatic N) is 2. The first kappa shape index (κ1) is 23.4. The van der Waals surface area contributed by atoms with Gasteiger partial charge in [-0.15, -0.1) is 11.3 Å². The molecule has 4 aromatic rings. The van der Waals surface area contributed by atoms with E-state index in [1.165, 1.54) is 0 Å². The molecule has 1 fully saturated rings. The minimum Gasteiger partial charge on any atom is -0.493 e. The van der Waals surface area contributed by atoms with Gasteiger partial charge in [-0.25, -0.2) is 0 Å². The van der Waals surface area contributed by atoms with Crippen molar-refractivity contribution in [3.63, 3.8) is 0 Å². The van der Waals surface area contributed by atoms with Gasteiger partial charge in [0.2, 0.25) is 17.6 Å². The quantitative estimate of drug-likeness (QED) is 0.416. The molecular weight excluding hydrogens is 490 g/mol. The lowest BCUT2D eigenvalue weighted by Gasteiger charge is -2.47. The number of H-pyrrole nitrogens is 1. The first-order chi connectivity index (χ1) is 18.0. The predicted octanol–water partition coefficient (Wildman–Crippen LogP) is 4.14. The Morgan fingerprint density at radius 3 is 2.43 bits per heavy atom. The molecule has 0 bridgehead atoms. The van der Waals surface area contributed by atoms with Gasteiger partial charge in [0, 0.05) is 27.9 Å². The molecule has 9 heteroatoms. The standard InChI is InChI=1S/C28H27N3O5S/c1-34-22-11-16(12-23(35-2)27(22)36-3)26-25-19(18-8-4-5-9-20(18)29-25)13-21-28(33)30(15-24(32)31(21)26)14-17-7-6-10-37-17/h4-12,21,26,29H,13-15H2,1-3H3/t21-,26-/m0/s1. The minimum atomic E-state index is -0.614. The van der Waals surface area contributed by atoms with E-state index in [1.54, 1.807) is 42.5 Å². The van der Waals surface area contributed by atoms with Crippen LogP contribution in [0.2, 0.25) is 0 Å². The number of aromatic nitrogens is 1. The van der Waals surface area contributed by atoms with E-state index < -0.39 is 12.1 Å². The number of carbonyl (C=O) groups excluding carboxylic acids is 2. The second-order valence-electron chi connectivity index (χ2n) is 9.22. The van der Waals surface area contributed by atoms with E-state index in [0.717, 1.165) is 32.6 Å². The normalized spacial score (nSPS) is 19.1. The van der Waals surface area contributed by atoms with E-state index in [-0.39, 0.29) is 18.4 Å². The van der Waals surface area contributed by atoms with Gasteiger partial charge in [-0.3, -0.25) is 9.59 Å². The summed E-state index contributed by atoms with van der Waals surface area (Å²) < 4.78 is 16.8. The Kier molecular flexibility index (Phi) is 5.79. The Balaban J connectivity index is 1.52. The summed E-state index contributed by atoms with van der Waals surface area (Å²) >= 11 is 1.59. The molecule has 4 heterocycles. The largest absolute Gasteiger partial charge is 0.493 e. The van der Waals surface area contributed by atoms with Crippen LogP contribution in [0.5, 0.6) is 17.2 Å². The van der Waals surface area contributed by atoms with E-state index in [9.17, 15) is 9.59 Å². The average molecular weight is 518 g/mol. The zero-order chi connectivity index (χ0) is 25.7. The molecule has 6 rings (SSSR count). The summed E-state index contributed by atoms with van der Waals surface area (Å²) in [7, 11) is 4.69. The number of para-hydroxylation sites is 1. The second-order valence-corrected chi connectivity index (χ2v) is 10.3. The summed E-state index contributed by atoms with van der Waals surface area (Å²) in [6, 6.07) is 14.6. The molecule has 2 aliphatic rings. The lowest BCUT2D eigenvalue weighted by molar-refractivity contribution is -0.159. The van der Waals surface area contributed by atoms with Crippen LogP contribution in [0, 0.1) is 0 Å². The number of aromatic amines is 1. The monoisotopic (exact) mass is 517 g/mol. The van der Waals surface area contributed by atoms with Crippen molar-refractivity contribution in [3.05, 3.63) is 75.6 Å². The molecule has 0 unspecified atom stereocenters. The van der Waals surface area contributed by atoms with Crippen molar-refractivity contribution in [1.29, 1.82) is 0 Å². The molecule has 1 N–H and O–H groups in total. The zero-order valence-electron chi connectivity index (χ0n) is 20.8. The fraction of sp³-hybridized carbons (Fsp3) is 0.286. The van der Waals surface area contributed by atoms with Gasteiger partial charge in [0.1, 0.15) is 12.6 Å². The summed E-state index contributed by atoms with van der Waals surface area (Å²) in [5, 5.41) is 3.04. The van der Waals surface area contributed by atoms with Gasteiger partial charge >= 0.3 is 0 Å². The first-order valence-electron chi connectivity index (χ1n) is 12.1. The molecule has 0 spiro atoms. The number of fused-ring (bicyclic) bond motifs is 4. The van der Waals surface area contributed by atoms with Crippen LogP contribution in [-0.4, -0.2) is 60.5 Å². The van der Waals surface area contributed by atoms with Gasteiger partial charge in [0.15, 0.2) is 11.5 Å². The van der Waals surface area contributed by atoms with Crippen LogP contribution < -0.4 is 14.2 Å². The van der Waals surface area contributed by atoms with Crippen molar-refractivity contribution >= 4 is 34.1 Å². The SMILES string of the molecule is COc1cc([C@H]2c3[nH]c4ccccc4c3C[C@H]3C(=O)N(Cc4cccs4)CC(=O)N23)cc(OC)c1OC. The van der Waals surface area contributed by atoms with E-state index in [4.69, 9.17) is 14.2 Å². The summed E-state index contributed by atoms with van der Waals surface area (Å²) in [6.07, 6.45) is 0.450. The number of rotatable bonds is 6. The van der Waals surface area contributed by atoms with E-state index in [0.29, 0.717) is 30.2 Å². The van der Waals surface area contributed by atoms with E-state index >= 15 is 0 Å². The van der Waals surface area contributed by atoms with Crippen LogP contribution in [0.15, 0.2) is 53.9 Å². The fourth-order valence-corrected chi connectivity index (χ4v) is 6.37. The van der Waals surface area contributed by atoms with Gasteiger partial charge in [-0.05, 0) is 40.8 Å². The predicted molar refractivity (Wildman–Crippen MR) is 140 cm³/mol. The molecule has 2 atom stereocenters. The highest BCUT2D eigenvalue weighted by Gasteiger charge is 2.48. The zero-order valence-corrected chi connectivity index (χ0v) is 21.6. The van der Waals surface area contributed by atoms with Crippen molar-refractivity contribution in [2.45, 2.75) is 25.0 Å². The molecule has 2 amide bonds. The lowest BCUT2D eigenvalue weighted by Crippen LogP contribution is -2.62. The van der Waals surface area contributed by atoms with Crippen molar-refractivity contribution in [3.8, 4) is 17.2 Å². The average Bonchev–Trinajstić information content (AvgIpc) is 3.57. The number of thiophene rings is 1. The van der Waals surface area contributed by atoms with Crippen molar-refractivity contribution in [2.75, 3.05) is 27.9 Å². The molecule has 2 aliphatic heterocycles. The molecule has 2 aromatic heterocycles. The Morgan fingerprint density at radius 2 is 1.76 bits per heavy atom. The minimum absolute atomic E-state index is 0.0315. The Labute approximate surface area is 218 Å². The molecule has 1 saturated heterocycles. The number of methoxy groups -OCH3 is 3. The molecule has 0 radical (unpaired) electrons. The number of piperazine rings is 1. The molecule has 37 heavy (non-hydrogen) atoms. The van der Waals surface area contributed by atoms with Crippen LogP contribution in [0.25, 0.3) is 10.9 Å². The third kappa shape index (κ3) is 3.72.